The molecule has 2 aromatic rings. The molecule has 0 bridgehead atoms. The third-order valence-electron chi connectivity index (χ3n) is 2.60. The van der Waals surface area contributed by atoms with Gasteiger partial charge in [-0.2, -0.15) is 0 Å². The standard InChI is InChI=1S/C14H13ClN2O3/c1-19-10-5-6-12(11(7-10)14(16)18)20-8-9-3-2-4-13(15)17-9/h2-7H,8H2,1H3,(H2,16,18). The van der Waals surface area contributed by atoms with Gasteiger partial charge in [0.15, 0.2) is 0 Å². The smallest absolute Gasteiger partial charge is 0.252 e. The molecule has 0 saturated heterocycles. The molecule has 0 atom stereocenters. The van der Waals surface area contributed by atoms with Gasteiger partial charge in [-0.15, -0.1) is 0 Å². The highest BCUT2D eigenvalue weighted by Gasteiger charge is 2.11. The van der Waals surface area contributed by atoms with E-state index in [-0.39, 0.29) is 12.2 Å². The summed E-state index contributed by atoms with van der Waals surface area (Å²) in [6.07, 6.45) is 0. The fourth-order valence-electron chi connectivity index (χ4n) is 1.64. The minimum Gasteiger partial charge on any atom is -0.497 e. The molecule has 2 rings (SSSR count). The lowest BCUT2D eigenvalue weighted by atomic mass is 10.2. The molecule has 0 spiro atoms. The largest absolute Gasteiger partial charge is 0.497 e. The lowest BCUT2D eigenvalue weighted by Crippen LogP contribution is -2.13. The molecule has 0 radical (unpaired) electrons. The molecule has 6 heteroatoms. The molecule has 20 heavy (non-hydrogen) atoms. The van der Waals surface area contributed by atoms with Crippen LogP contribution in [0.2, 0.25) is 5.15 Å². The van der Waals surface area contributed by atoms with Gasteiger partial charge in [0.1, 0.15) is 23.3 Å². The zero-order valence-corrected chi connectivity index (χ0v) is 11.6. The summed E-state index contributed by atoms with van der Waals surface area (Å²) < 4.78 is 10.6. The van der Waals surface area contributed by atoms with Gasteiger partial charge in [0.05, 0.1) is 18.4 Å². The molecule has 1 heterocycles. The summed E-state index contributed by atoms with van der Waals surface area (Å²) in [6, 6.07) is 10.1. The van der Waals surface area contributed by atoms with Crippen LogP contribution in [0, 0.1) is 0 Å². The summed E-state index contributed by atoms with van der Waals surface area (Å²) in [4.78, 5) is 15.5. The summed E-state index contributed by atoms with van der Waals surface area (Å²) >= 11 is 5.79. The minimum absolute atomic E-state index is 0.188. The number of primary amides is 1. The van der Waals surface area contributed by atoms with Crippen molar-refractivity contribution in [1.82, 2.24) is 4.98 Å². The van der Waals surface area contributed by atoms with Crippen molar-refractivity contribution >= 4 is 17.5 Å². The van der Waals surface area contributed by atoms with Gasteiger partial charge in [-0.25, -0.2) is 4.98 Å². The normalized spacial score (nSPS) is 10.1. The first-order chi connectivity index (χ1) is 9.60. The maximum atomic E-state index is 11.4. The van der Waals surface area contributed by atoms with E-state index in [0.29, 0.717) is 22.3 Å². The number of hydrogen-bond acceptors (Lipinski definition) is 4. The minimum atomic E-state index is -0.585. The molecular formula is C14H13ClN2O3. The van der Waals surface area contributed by atoms with Gasteiger partial charge in [-0.1, -0.05) is 17.7 Å². The lowest BCUT2D eigenvalue weighted by Gasteiger charge is -2.10. The van der Waals surface area contributed by atoms with Crippen LogP contribution in [0.5, 0.6) is 11.5 Å². The van der Waals surface area contributed by atoms with Crippen molar-refractivity contribution in [2.75, 3.05) is 7.11 Å². The molecule has 0 aliphatic rings. The van der Waals surface area contributed by atoms with E-state index in [0.717, 1.165) is 0 Å². The SMILES string of the molecule is COc1ccc(OCc2cccc(Cl)n2)c(C(N)=O)c1. The van der Waals surface area contributed by atoms with Crippen LogP contribution in [0.4, 0.5) is 0 Å². The number of benzene rings is 1. The van der Waals surface area contributed by atoms with Crippen LogP contribution in [0.15, 0.2) is 36.4 Å². The third kappa shape index (κ3) is 3.39. The highest BCUT2D eigenvalue weighted by atomic mass is 35.5. The van der Waals surface area contributed by atoms with Gasteiger partial charge in [-0.05, 0) is 30.3 Å². The van der Waals surface area contributed by atoms with Crippen molar-refractivity contribution in [3.8, 4) is 11.5 Å². The Bertz CT molecular complexity index is 632. The fourth-order valence-corrected chi connectivity index (χ4v) is 1.82. The van der Waals surface area contributed by atoms with Gasteiger partial charge in [0.25, 0.3) is 5.91 Å². The maximum Gasteiger partial charge on any atom is 0.252 e. The zero-order chi connectivity index (χ0) is 14.5. The van der Waals surface area contributed by atoms with E-state index in [1.165, 1.54) is 13.2 Å². The Kier molecular flexibility index (Phi) is 4.42. The first-order valence-electron chi connectivity index (χ1n) is 5.82. The van der Waals surface area contributed by atoms with Crippen molar-refractivity contribution in [3.05, 3.63) is 52.8 Å². The van der Waals surface area contributed by atoms with Gasteiger partial charge in [-0.3, -0.25) is 4.79 Å². The quantitative estimate of drug-likeness (QED) is 0.859. The monoisotopic (exact) mass is 292 g/mol. The average Bonchev–Trinajstić information content (AvgIpc) is 2.45. The molecular weight excluding hydrogens is 280 g/mol. The number of halogens is 1. The van der Waals surface area contributed by atoms with Crippen LogP contribution < -0.4 is 15.2 Å². The topological polar surface area (TPSA) is 74.4 Å². The van der Waals surface area contributed by atoms with Crippen molar-refractivity contribution < 1.29 is 14.3 Å². The van der Waals surface area contributed by atoms with E-state index in [9.17, 15) is 4.79 Å². The van der Waals surface area contributed by atoms with Crippen LogP contribution >= 0.6 is 11.6 Å². The molecule has 0 unspecified atom stereocenters. The van der Waals surface area contributed by atoms with E-state index < -0.39 is 5.91 Å². The number of pyridine rings is 1. The van der Waals surface area contributed by atoms with E-state index in [2.05, 4.69) is 4.98 Å². The Morgan fingerprint density at radius 3 is 2.80 bits per heavy atom. The van der Waals surface area contributed by atoms with E-state index >= 15 is 0 Å². The highest BCUT2D eigenvalue weighted by molar-refractivity contribution is 6.29. The van der Waals surface area contributed by atoms with Crippen LogP contribution in [0.3, 0.4) is 0 Å². The number of carbonyl (C=O) groups excluding carboxylic acids is 1. The van der Waals surface area contributed by atoms with Crippen LogP contribution in [0.1, 0.15) is 16.1 Å². The Labute approximate surface area is 121 Å². The summed E-state index contributed by atoms with van der Waals surface area (Å²) in [7, 11) is 1.51. The molecule has 1 aromatic heterocycles. The summed E-state index contributed by atoms with van der Waals surface area (Å²) in [5, 5.41) is 0.385. The first-order valence-corrected chi connectivity index (χ1v) is 6.20. The Balaban J connectivity index is 2.18. The molecule has 2 N–H and O–H groups in total. The second-order valence-electron chi connectivity index (χ2n) is 3.97. The number of carbonyl (C=O) groups is 1. The first kappa shape index (κ1) is 14.1. The molecule has 0 fully saturated rings. The molecule has 104 valence electrons. The predicted octanol–water partition coefficient (Wildman–Crippen LogP) is 2.42. The molecule has 0 saturated carbocycles. The highest BCUT2D eigenvalue weighted by Crippen LogP contribution is 2.24. The predicted molar refractivity (Wildman–Crippen MR) is 75.1 cm³/mol. The number of nitrogens with two attached hydrogens (primary N) is 1. The number of nitrogens with zero attached hydrogens (tertiary/aromatic N) is 1. The number of aromatic nitrogens is 1. The second kappa shape index (κ2) is 6.25. The van der Waals surface area contributed by atoms with Gasteiger partial charge in [0, 0.05) is 0 Å². The van der Waals surface area contributed by atoms with Crippen molar-refractivity contribution in [1.29, 1.82) is 0 Å². The number of ether oxygens (including phenoxy) is 2. The number of amides is 1. The second-order valence-corrected chi connectivity index (χ2v) is 4.35. The fraction of sp³-hybridized carbons (Fsp3) is 0.143. The van der Waals surface area contributed by atoms with Crippen molar-refractivity contribution in [2.24, 2.45) is 5.73 Å². The molecule has 0 aliphatic carbocycles. The van der Waals surface area contributed by atoms with Crippen LogP contribution in [-0.2, 0) is 6.61 Å². The Hall–Kier alpha value is -2.27. The molecule has 1 amide bonds. The maximum absolute atomic E-state index is 11.4. The summed E-state index contributed by atoms with van der Waals surface area (Å²) in [6.45, 7) is 0.188. The van der Waals surface area contributed by atoms with Gasteiger partial charge >= 0.3 is 0 Å². The van der Waals surface area contributed by atoms with Gasteiger partial charge in [0.2, 0.25) is 0 Å². The summed E-state index contributed by atoms with van der Waals surface area (Å²) in [5.41, 5.74) is 6.23. The molecule has 0 aliphatic heterocycles. The van der Waals surface area contributed by atoms with E-state index in [1.54, 1.807) is 30.3 Å². The molecule has 1 aromatic carbocycles. The average molecular weight is 293 g/mol. The Morgan fingerprint density at radius 2 is 2.15 bits per heavy atom. The van der Waals surface area contributed by atoms with Crippen molar-refractivity contribution in [2.45, 2.75) is 6.61 Å². The van der Waals surface area contributed by atoms with Gasteiger partial charge < -0.3 is 15.2 Å². The lowest BCUT2D eigenvalue weighted by molar-refractivity contribution is 0.0995. The van der Waals surface area contributed by atoms with E-state index in [1.807, 2.05) is 0 Å². The molecule has 5 nitrogen and oxygen atoms in total. The van der Waals surface area contributed by atoms with Crippen LogP contribution in [-0.4, -0.2) is 18.0 Å². The zero-order valence-electron chi connectivity index (χ0n) is 10.8. The van der Waals surface area contributed by atoms with Crippen molar-refractivity contribution in [3.63, 3.8) is 0 Å². The summed E-state index contributed by atoms with van der Waals surface area (Å²) in [5.74, 6) is 0.324. The third-order valence-corrected chi connectivity index (χ3v) is 2.81. The van der Waals surface area contributed by atoms with Crippen LogP contribution in [0.25, 0.3) is 0 Å². The number of hydrogen-bond donors (Lipinski definition) is 1. The Morgan fingerprint density at radius 1 is 1.35 bits per heavy atom. The van der Waals surface area contributed by atoms with E-state index in [4.69, 9.17) is 26.8 Å². The number of methoxy groups -OCH3 is 1. The number of rotatable bonds is 5.